The normalized spacial score (nSPS) is 11.4. The fourth-order valence-electron chi connectivity index (χ4n) is 1.04. The molecule has 0 aliphatic heterocycles. The zero-order chi connectivity index (χ0) is 7.98. The summed E-state index contributed by atoms with van der Waals surface area (Å²) in [6, 6.07) is 0. The Bertz CT molecular complexity index is 73.7. The molecule has 0 saturated heterocycles. The van der Waals surface area contributed by atoms with E-state index in [1.54, 1.807) is 0 Å². The lowest BCUT2D eigenvalue weighted by Gasteiger charge is -2.17. The van der Waals surface area contributed by atoms with Crippen LogP contribution in [0.25, 0.3) is 0 Å². The zero-order valence-corrected chi connectivity index (χ0v) is 7.99. The standard InChI is InChI=1S/C8H18ClN/c1-8(2)7-10(3)6-4-5-9/h8H,4-7H2,1-3H3. The van der Waals surface area contributed by atoms with E-state index in [4.69, 9.17) is 11.6 Å². The Morgan fingerprint density at radius 1 is 1.40 bits per heavy atom. The molecule has 2 heteroatoms. The summed E-state index contributed by atoms with van der Waals surface area (Å²) in [4.78, 5) is 2.33. The minimum Gasteiger partial charge on any atom is -0.306 e. The summed E-state index contributed by atoms with van der Waals surface area (Å²) < 4.78 is 0. The molecule has 1 nitrogen and oxygen atoms in total. The van der Waals surface area contributed by atoms with Crippen LogP contribution in [-0.4, -0.2) is 30.9 Å². The molecule has 0 radical (unpaired) electrons. The van der Waals surface area contributed by atoms with E-state index in [0.29, 0.717) is 0 Å². The third-order valence-electron chi connectivity index (χ3n) is 1.35. The second-order valence-corrected chi connectivity index (χ2v) is 3.58. The van der Waals surface area contributed by atoms with Gasteiger partial charge in [0.15, 0.2) is 0 Å². The van der Waals surface area contributed by atoms with E-state index in [9.17, 15) is 0 Å². The third-order valence-corrected chi connectivity index (χ3v) is 1.62. The highest BCUT2D eigenvalue weighted by Gasteiger charge is 1.99. The number of nitrogens with zero attached hydrogens (tertiary/aromatic N) is 1. The van der Waals surface area contributed by atoms with E-state index in [0.717, 1.165) is 24.8 Å². The molecule has 0 aromatic carbocycles. The summed E-state index contributed by atoms with van der Waals surface area (Å²) in [5.74, 6) is 1.54. The summed E-state index contributed by atoms with van der Waals surface area (Å²) in [5, 5.41) is 0. The highest BCUT2D eigenvalue weighted by atomic mass is 35.5. The maximum absolute atomic E-state index is 5.56. The molecular formula is C8H18ClN. The van der Waals surface area contributed by atoms with E-state index in [2.05, 4.69) is 25.8 Å². The van der Waals surface area contributed by atoms with E-state index in [-0.39, 0.29) is 0 Å². The molecule has 0 unspecified atom stereocenters. The number of hydrogen-bond acceptors (Lipinski definition) is 1. The Labute approximate surface area is 69.4 Å². The van der Waals surface area contributed by atoms with Gasteiger partial charge in [-0.15, -0.1) is 11.6 Å². The van der Waals surface area contributed by atoms with Crippen LogP contribution < -0.4 is 0 Å². The van der Waals surface area contributed by atoms with Crippen molar-refractivity contribution < 1.29 is 0 Å². The highest BCUT2D eigenvalue weighted by molar-refractivity contribution is 6.17. The van der Waals surface area contributed by atoms with Crippen LogP contribution in [0.5, 0.6) is 0 Å². The molecule has 0 aliphatic rings. The number of hydrogen-bond donors (Lipinski definition) is 0. The Morgan fingerprint density at radius 3 is 2.40 bits per heavy atom. The van der Waals surface area contributed by atoms with Crippen molar-refractivity contribution in [1.82, 2.24) is 4.90 Å². The lowest BCUT2D eigenvalue weighted by molar-refractivity contribution is 0.297. The molecule has 0 aliphatic carbocycles. The Hall–Kier alpha value is 0.250. The monoisotopic (exact) mass is 163 g/mol. The van der Waals surface area contributed by atoms with Gasteiger partial charge in [-0.2, -0.15) is 0 Å². The van der Waals surface area contributed by atoms with Gasteiger partial charge in [-0.05, 0) is 25.9 Å². The van der Waals surface area contributed by atoms with Gasteiger partial charge in [-0.25, -0.2) is 0 Å². The average Bonchev–Trinajstić information content (AvgIpc) is 1.82. The largest absolute Gasteiger partial charge is 0.306 e. The summed E-state index contributed by atoms with van der Waals surface area (Å²) in [6.07, 6.45) is 1.10. The summed E-state index contributed by atoms with van der Waals surface area (Å²) in [7, 11) is 2.15. The van der Waals surface area contributed by atoms with Gasteiger partial charge in [0, 0.05) is 12.4 Å². The van der Waals surface area contributed by atoms with Gasteiger partial charge < -0.3 is 4.90 Å². The van der Waals surface area contributed by atoms with Crippen molar-refractivity contribution in [2.45, 2.75) is 20.3 Å². The van der Waals surface area contributed by atoms with Crippen molar-refractivity contribution in [2.75, 3.05) is 26.0 Å². The van der Waals surface area contributed by atoms with E-state index >= 15 is 0 Å². The van der Waals surface area contributed by atoms with Crippen LogP contribution >= 0.6 is 11.6 Å². The van der Waals surface area contributed by atoms with E-state index in [1.165, 1.54) is 6.54 Å². The summed E-state index contributed by atoms with van der Waals surface area (Å²) in [5.41, 5.74) is 0. The zero-order valence-electron chi connectivity index (χ0n) is 7.23. The quantitative estimate of drug-likeness (QED) is 0.562. The average molecular weight is 164 g/mol. The van der Waals surface area contributed by atoms with Crippen molar-refractivity contribution in [3.05, 3.63) is 0 Å². The summed E-state index contributed by atoms with van der Waals surface area (Å²) >= 11 is 5.56. The second kappa shape index (κ2) is 5.99. The molecule has 10 heavy (non-hydrogen) atoms. The SMILES string of the molecule is CC(C)CN(C)CCCCl. The molecule has 0 fully saturated rings. The lowest BCUT2D eigenvalue weighted by Crippen LogP contribution is -2.24. The first-order valence-corrected chi connectivity index (χ1v) is 4.44. The van der Waals surface area contributed by atoms with Crippen LogP contribution in [0.15, 0.2) is 0 Å². The number of rotatable bonds is 5. The minimum atomic E-state index is 0.764. The smallest absolute Gasteiger partial charge is 0.0235 e. The molecule has 62 valence electrons. The predicted octanol–water partition coefficient (Wildman–Crippen LogP) is 2.20. The number of alkyl halides is 1. The Balaban J connectivity index is 3.16. The summed E-state index contributed by atoms with van der Waals surface area (Å²) in [6.45, 7) is 6.77. The van der Waals surface area contributed by atoms with Gasteiger partial charge in [-0.3, -0.25) is 0 Å². The maximum Gasteiger partial charge on any atom is 0.0235 e. The first kappa shape index (κ1) is 10.2. The Kier molecular flexibility index (Phi) is 6.14. The fourth-order valence-corrected chi connectivity index (χ4v) is 1.16. The highest BCUT2D eigenvalue weighted by Crippen LogP contribution is 1.96. The molecular weight excluding hydrogens is 146 g/mol. The van der Waals surface area contributed by atoms with Crippen molar-refractivity contribution in [2.24, 2.45) is 5.92 Å². The molecule has 0 aromatic rings. The fraction of sp³-hybridized carbons (Fsp3) is 1.00. The molecule has 0 atom stereocenters. The van der Waals surface area contributed by atoms with E-state index in [1.807, 2.05) is 0 Å². The van der Waals surface area contributed by atoms with Crippen LogP contribution in [-0.2, 0) is 0 Å². The molecule has 0 saturated carbocycles. The van der Waals surface area contributed by atoms with Crippen LogP contribution in [0.4, 0.5) is 0 Å². The molecule has 0 amide bonds. The van der Waals surface area contributed by atoms with Gasteiger partial charge in [0.25, 0.3) is 0 Å². The molecule has 0 heterocycles. The van der Waals surface area contributed by atoms with Crippen LogP contribution in [0.1, 0.15) is 20.3 Å². The first-order chi connectivity index (χ1) is 4.66. The third kappa shape index (κ3) is 6.37. The van der Waals surface area contributed by atoms with Gasteiger partial charge in [-0.1, -0.05) is 13.8 Å². The lowest BCUT2D eigenvalue weighted by atomic mass is 10.2. The van der Waals surface area contributed by atoms with Crippen molar-refractivity contribution in [3.8, 4) is 0 Å². The van der Waals surface area contributed by atoms with Crippen LogP contribution in [0.2, 0.25) is 0 Å². The van der Waals surface area contributed by atoms with Crippen LogP contribution in [0, 0.1) is 5.92 Å². The van der Waals surface area contributed by atoms with Crippen molar-refractivity contribution >= 4 is 11.6 Å². The number of halogens is 1. The molecule has 0 N–H and O–H groups in total. The van der Waals surface area contributed by atoms with Gasteiger partial charge >= 0.3 is 0 Å². The van der Waals surface area contributed by atoms with Gasteiger partial charge in [0.1, 0.15) is 0 Å². The predicted molar refractivity (Wildman–Crippen MR) is 47.7 cm³/mol. The second-order valence-electron chi connectivity index (χ2n) is 3.20. The van der Waals surface area contributed by atoms with E-state index < -0.39 is 0 Å². The van der Waals surface area contributed by atoms with Gasteiger partial charge in [0.2, 0.25) is 0 Å². The maximum atomic E-state index is 5.56. The first-order valence-electron chi connectivity index (χ1n) is 3.91. The van der Waals surface area contributed by atoms with Crippen molar-refractivity contribution in [3.63, 3.8) is 0 Å². The molecule has 0 rings (SSSR count). The van der Waals surface area contributed by atoms with Gasteiger partial charge in [0.05, 0.1) is 0 Å². The van der Waals surface area contributed by atoms with Crippen LogP contribution in [0.3, 0.4) is 0 Å². The molecule has 0 aromatic heterocycles. The minimum absolute atomic E-state index is 0.764. The van der Waals surface area contributed by atoms with Crippen molar-refractivity contribution in [1.29, 1.82) is 0 Å². The molecule has 0 spiro atoms. The topological polar surface area (TPSA) is 3.24 Å². The Morgan fingerprint density at radius 2 is 2.00 bits per heavy atom. The molecule has 0 bridgehead atoms.